The molecule has 7 heteroatoms. The number of anilines is 2. The minimum atomic E-state index is -1.73. The highest BCUT2D eigenvalue weighted by Gasteiger charge is 2.56. The Hall–Kier alpha value is -3.84. The van der Waals surface area contributed by atoms with Gasteiger partial charge in [0.15, 0.2) is 0 Å². The third-order valence-electron chi connectivity index (χ3n) is 6.89. The summed E-state index contributed by atoms with van der Waals surface area (Å²) in [6.07, 6.45) is -0.373. The number of carbonyl (C=O) groups is 3. The van der Waals surface area contributed by atoms with Crippen molar-refractivity contribution >= 4 is 29.0 Å². The molecular weight excluding hydrogens is 459 g/mol. The molecule has 1 fully saturated rings. The number of carbonyl (C=O) groups excluding carboxylic acids is 3. The molecule has 4 rings (SSSR count). The maximum Gasteiger partial charge on any atom is 0.235 e. The SMILES string of the molecule is Cc1ccccc1NC(=O)[C@@H]1C(=O)C[C@](C)(O)[C@H](C(=O)Nc2ccccc2C)[C@H]1c1ccc(F)cc1. The van der Waals surface area contributed by atoms with Crippen molar-refractivity contribution in [2.75, 3.05) is 10.6 Å². The number of nitrogens with one attached hydrogen (secondary N) is 2. The number of aryl methyl sites for hydroxylation is 2. The van der Waals surface area contributed by atoms with E-state index in [1.807, 2.05) is 38.1 Å². The summed E-state index contributed by atoms with van der Waals surface area (Å²) < 4.78 is 13.8. The summed E-state index contributed by atoms with van der Waals surface area (Å²) in [5, 5.41) is 17.0. The average Bonchev–Trinajstić information content (AvgIpc) is 2.81. The van der Waals surface area contributed by atoms with Crippen molar-refractivity contribution in [3.05, 3.63) is 95.3 Å². The topological polar surface area (TPSA) is 95.5 Å². The van der Waals surface area contributed by atoms with E-state index in [9.17, 15) is 23.9 Å². The Kier molecular flexibility index (Phi) is 7.04. The number of aliphatic hydroxyl groups is 1. The summed E-state index contributed by atoms with van der Waals surface area (Å²) in [6, 6.07) is 19.7. The number of amides is 2. The van der Waals surface area contributed by atoms with Gasteiger partial charge in [0.25, 0.3) is 0 Å². The normalized spacial score (nSPS) is 23.7. The van der Waals surface area contributed by atoms with Crippen LogP contribution >= 0.6 is 0 Å². The molecule has 3 aromatic carbocycles. The van der Waals surface area contributed by atoms with Crippen LogP contribution in [0.4, 0.5) is 15.8 Å². The second kappa shape index (κ2) is 10.0. The van der Waals surface area contributed by atoms with E-state index in [1.54, 1.807) is 24.3 Å². The maximum atomic E-state index is 13.8. The van der Waals surface area contributed by atoms with Crippen molar-refractivity contribution in [2.24, 2.45) is 11.8 Å². The van der Waals surface area contributed by atoms with Crippen molar-refractivity contribution in [2.45, 2.75) is 38.7 Å². The van der Waals surface area contributed by atoms with E-state index in [-0.39, 0.29) is 6.42 Å². The lowest BCUT2D eigenvalue weighted by atomic mass is 9.61. The van der Waals surface area contributed by atoms with Crippen LogP contribution in [0, 0.1) is 31.5 Å². The monoisotopic (exact) mass is 488 g/mol. The first-order valence-electron chi connectivity index (χ1n) is 11.8. The molecule has 0 bridgehead atoms. The Labute approximate surface area is 209 Å². The molecule has 1 aliphatic carbocycles. The molecule has 3 N–H and O–H groups in total. The second-order valence-electron chi connectivity index (χ2n) is 9.64. The van der Waals surface area contributed by atoms with Gasteiger partial charge in [-0.3, -0.25) is 14.4 Å². The summed E-state index contributed by atoms with van der Waals surface area (Å²) in [7, 11) is 0. The fraction of sp³-hybridized carbons (Fsp3) is 0.276. The summed E-state index contributed by atoms with van der Waals surface area (Å²) >= 11 is 0. The standard InChI is InChI=1S/C29H29FN2O4/c1-17-8-4-6-10-21(17)31-27(34)25-23(33)16-29(3,36)26(24(25)19-12-14-20(30)15-13-19)28(35)32-22-11-7-5-9-18(22)2/h4-15,24-26,36H,16H2,1-3H3,(H,31,34)(H,32,35)/t24-,25+,26-,29-/m0/s1. The van der Waals surface area contributed by atoms with E-state index in [0.717, 1.165) is 11.1 Å². The van der Waals surface area contributed by atoms with Gasteiger partial charge < -0.3 is 15.7 Å². The summed E-state index contributed by atoms with van der Waals surface area (Å²) in [5.41, 5.74) is 1.43. The molecular formula is C29H29FN2O4. The van der Waals surface area contributed by atoms with Gasteiger partial charge in [-0.15, -0.1) is 0 Å². The summed E-state index contributed by atoms with van der Waals surface area (Å²) in [4.78, 5) is 40.6. The molecule has 36 heavy (non-hydrogen) atoms. The zero-order chi connectivity index (χ0) is 26.0. The van der Waals surface area contributed by atoms with Crippen LogP contribution in [-0.4, -0.2) is 28.3 Å². The third kappa shape index (κ3) is 5.06. The van der Waals surface area contributed by atoms with Crippen LogP contribution in [-0.2, 0) is 14.4 Å². The number of Topliss-reactive ketones (excluding diaryl/α,β-unsaturated/α-hetero) is 1. The Morgan fingerprint density at radius 3 is 1.89 bits per heavy atom. The van der Waals surface area contributed by atoms with Crippen molar-refractivity contribution < 1.29 is 23.9 Å². The molecule has 186 valence electrons. The van der Waals surface area contributed by atoms with Crippen LogP contribution in [0.2, 0.25) is 0 Å². The van der Waals surface area contributed by atoms with Gasteiger partial charge in [0, 0.05) is 23.7 Å². The Morgan fingerprint density at radius 2 is 1.36 bits per heavy atom. The predicted molar refractivity (Wildman–Crippen MR) is 136 cm³/mol. The van der Waals surface area contributed by atoms with Crippen LogP contribution in [0.5, 0.6) is 0 Å². The number of ketones is 1. The minimum absolute atomic E-state index is 0.373. The van der Waals surface area contributed by atoms with Crippen molar-refractivity contribution in [1.82, 2.24) is 0 Å². The van der Waals surface area contributed by atoms with Crippen LogP contribution in [0.3, 0.4) is 0 Å². The molecule has 3 aromatic rings. The molecule has 0 saturated heterocycles. The van der Waals surface area contributed by atoms with Gasteiger partial charge >= 0.3 is 0 Å². The molecule has 0 unspecified atom stereocenters. The van der Waals surface area contributed by atoms with E-state index in [0.29, 0.717) is 16.9 Å². The zero-order valence-corrected chi connectivity index (χ0v) is 20.4. The van der Waals surface area contributed by atoms with Crippen molar-refractivity contribution in [1.29, 1.82) is 0 Å². The maximum absolute atomic E-state index is 13.8. The number of hydrogen-bond donors (Lipinski definition) is 3. The Bertz CT molecular complexity index is 1300. The Morgan fingerprint density at radius 1 is 0.861 bits per heavy atom. The van der Waals surface area contributed by atoms with Gasteiger partial charge in [-0.1, -0.05) is 48.5 Å². The van der Waals surface area contributed by atoms with Crippen LogP contribution in [0.1, 0.15) is 36.0 Å². The molecule has 0 spiro atoms. The molecule has 2 amide bonds. The number of halogens is 1. The zero-order valence-electron chi connectivity index (χ0n) is 20.4. The van der Waals surface area contributed by atoms with E-state index in [4.69, 9.17) is 0 Å². The molecule has 0 heterocycles. The van der Waals surface area contributed by atoms with Gasteiger partial charge in [0.05, 0.1) is 11.5 Å². The summed E-state index contributed by atoms with van der Waals surface area (Å²) in [5.74, 6) is -5.52. The highest BCUT2D eigenvalue weighted by molar-refractivity contribution is 6.10. The largest absolute Gasteiger partial charge is 0.389 e. The lowest BCUT2D eigenvalue weighted by Crippen LogP contribution is -2.56. The molecule has 6 nitrogen and oxygen atoms in total. The Balaban J connectivity index is 1.78. The quantitative estimate of drug-likeness (QED) is 0.451. The van der Waals surface area contributed by atoms with Crippen LogP contribution < -0.4 is 10.6 Å². The second-order valence-corrected chi connectivity index (χ2v) is 9.64. The lowest BCUT2D eigenvalue weighted by Gasteiger charge is -2.44. The van der Waals surface area contributed by atoms with E-state index in [2.05, 4.69) is 10.6 Å². The molecule has 0 radical (unpaired) electrons. The number of hydrogen-bond acceptors (Lipinski definition) is 4. The van der Waals surface area contributed by atoms with E-state index in [1.165, 1.54) is 31.2 Å². The van der Waals surface area contributed by atoms with Crippen molar-refractivity contribution in [3.63, 3.8) is 0 Å². The first-order valence-corrected chi connectivity index (χ1v) is 11.8. The average molecular weight is 489 g/mol. The third-order valence-corrected chi connectivity index (χ3v) is 6.89. The number of rotatable bonds is 5. The highest BCUT2D eigenvalue weighted by Crippen LogP contribution is 2.46. The first kappa shape index (κ1) is 25.3. The predicted octanol–water partition coefficient (Wildman–Crippen LogP) is 4.76. The fourth-order valence-corrected chi connectivity index (χ4v) is 5.02. The summed E-state index contributed by atoms with van der Waals surface area (Å²) in [6.45, 7) is 5.10. The van der Waals surface area contributed by atoms with Gasteiger partial charge in [0.2, 0.25) is 11.8 Å². The fourth-order valence-electron chi connectivity index (χ4n) is 5.02. The minimum Gasteiger partial charge on any atom is -0.389 e. The van der Waals surface area contributed by atoms with Gasteiger partial charge in [-0.25, -0.2) is 4.39 Å². The molecule has 4 atom stereocenters. The molecule has 0 aromatic heterocycles. The number of para-hydroxylation sites is 2. The first-order chi connectivity index (χ1) is 17.1. The van der Waals surface area contributed by atoms with Gasteiger partial charge in [-0.2, -0.15) is 0 Å². The van der Waals surface area contributed by atoms with Crippen LogP contribution in [0.15, 0.2) is 72.8 Å². The highest BCUT2D eigenvalue weighted by atomic mass is 19.1. The molecule has 1 saturated carbocycles. The van der Waals surface area contributed by atoms with Gasteiger partial charge in [0.1, 0.15) is 17.5 Å². The van der Waals surface area contributed by atoms with Gasteiger partial charge in [-0.05, 0) is 61.7 Å². The molecule has 0 aliphatic heterocycles. The molecule has 1 aliphatic rings. The van der Waals surface area contributed by atoms with Crippen LogP contribution in [0.25, 0.3) is 0 Å². The lowest BCUT2D eigenvalue weighted by molar-refractivity contribution is -0.150. The number of benzene rings is 3. The van der Waals surface area contributed by atoms with Crippen molar-refractivity contribution in [3.8, 4) is 0 Å². The smallest absolute Gasteiger partial charge is 0.235 e. The van der Waals surface area contributed by atoms with E-state index >= 15 is 0 Å². The van der Waals surface area contributed by atoms with E-state index < -0.39 is 46.8 Å².